The average molecular weight is 439 g/mol. The van der Waals surface area contributed by atoms with E-state index in [1.54, 1.807) is 17.0 Å². The number of methoxy groups -OCH3 is 1. The van der Waals surface area contributed by atoms with Gasteiger partial charge < -0.3 is 9.64 Å². The molecule has 2 aromatic rings. The number of fused-ring (bicyclic) bond motifs is 1. The number of ether oxygens (including phenoxy) is 1. The standard InChI is InChI=1S/C18H22N4O5S2/c1-27-18(24)12-5-3-9-21(11-12)17(23)14-7-4-10-22(14)29(25,26)15-8-2-6-13-16(15)20-28-19-13/h2,6,8,12,14H,3-5,7,9-11H2,1H3/t12-,14-/m1/s1. The number of rotatable bonds is 4. The lowest BCUT2D eigenvalue weighted by Gasteiger charge is -2.35. The molecule has 2 aliphatic rings. The molecular weight excluding hydrogens is 416 g/mol. The van der Waals surface area contributed by atoms with Gasteiger partial charge in [-0.15, -0.1) is 0 Å². The Labute approximate surface area is 173 Å². The van der Waals surface area contributed by atoms with Crippen molar-refractivity contribution in [2.75, 3.05) is 26.7 Å². The van der Waals surface area contributed by atoms with Crippen molar-refractivity contribution in [1.82, 2.24) is 18.0 Å². The Morgan fingerprint density at radius 2 is 1.97 bits per heavy atom. The van der Waals surface area contributed by atoms with E-state index in [0.29, 0.717) is 43.3 Å². The molecule has 0 radical (unpaired) electrons. The number of hydrogen-bond donors (Lipinski definition) is 0. The van der Waals surface area contributed by atoms with E-state index in [-0.39, 0.29) is 35.8 Å². The van der Waals surface area contributed by atoms with Gasteiger partial charge in [-0.2, -0.15) is 13.1 Å². The largest absolute Gasteiger partial charge is 0.469 e. The zero-order valence-corrected chi connectivity index (χ0v) is 17.6. The molecule has 1 aromatic heterocycles. The molecule has 1 amide bonds. The summed E-state index contributed by atoms with van der Waals surface area (Å²) in [5, 5.41) is 0. The maximum atomic E-state index is 13.4. The van der Waals surface area contributed by atoms with Crippen LogP contribution in [0.15, 0.2) is 23.1 Å². The molecule has 3 heterocycles. The lowest BCUT2D eigenvalue weighted by Crippen LogP contribution is -2.51. The van der Waals surface area contributed by atoms with Gasteiger partial charge in [0.1, 0.15) is 22.0 Å². The number of nitrogens with zero attached hydrogens (tertiary/aromatic N) is 4. The Kier molecular flexibility index (Phi) is 5.54. The number of piperidine rings is 1. The van der Waals surface area contributed by atoms with Crippen LogP contribution in [0.25, 0.3) is 11.0 Å². The van der Waals surface area contributed by atoms with Crippen molar-refractivity contribution in [1.29, 1.82) is 0 Å². The fourth-order valence-corrected chi connectivity index (χ4v) is 6.54. The molecule has 4 rings (SSSR count). The Balaban J connectivity index is 1.59. The van der Waals surface area contributed by atoms with Crippen molar-refractivity contribution in [2.24, 2.45) is 5.92 Å². The minimum absolute atomic E-state index is 0.0783. The zero-order valence-electron chi connectivity index (χ0n) is 16.0. The van der Waals surface area contributed by atoms with Gasteiger partial charge in [0.15, 0.2) is 0 Å². The van der Waals surface area contributed by atoms with Gasteiger partial charge in [0.2, 0.25) is 15.9 Å². The van der Waals surface area contributed by atoms with E-state index in [2.05, 4.69) is 8.75 Å². The van der Waals surface area contributed by atoms with Crippen LogP contribution in [0.1, 0.15) is 25.7 Å². The summed E-state index contributed by atoms with van der Waals surface area (Å²) in [6, 6.07) is 4.09. The molecule has 0 saturated carbocycles. The molecule has 2 atom stereocenters. The van der Waals surface area contributed by atoms with Gasteiger partial charge in [0.25, 0.3) is 0 Å². The quantitative estimate of drug-likeness (QED) is 0.661. The summed E-state index contributed by atoms with van der Waals surface area (Å²) in [6.07, 6.45) is 2.43. The normalized spacial score (nSPS) is 23.4. The molecule has 2 fully saturated rings. The number of sulfonamides is 1. The number of likely N-dealkylation sites (tertiary alicyclic amines) is 1. The fourth-order valence-electron chi connectivity index (χ4n) is 4.14. The highest BCUT2D eigenvalue weighted by Crippen LogP contribution is 2.31. The topological polar surface area (TPSA) is 110 Å². The zero-order chi connectivity index (χ0) is 20.6. The Morgan fingerprint density at radius 1 is 1.17 bits per heavy atom. The first-order valence-corrected chi connectivity index (χ1v) is 11.7. The van der Waals surface area contributed by atoms with Crippen LogP contribution in [0.5, 0.6) is 0 Å². The van der Waals surface area contributed by atoms with E-state index in [4.69, 9.17) is 4.74 Å². The summed E-state index contributed by atoms with van der Waals surface area (Å²) in [7, 11) is -2.57. The summed E-state index contributed by atoms with van der Waals surface area (Å²) in [4.78, 5) is 26.8. The Morgan fingerprint density at radius 3 is 2.76 bits per heavy atom. The van der Waals surface area contributed by atoms with Gasteiger partial charge in [-0.05, 0) is 37.8 Å². The predicted octanol–water partition coefficient (Wildman–Crippen LogP) is 1.26. The van der Waals surface area contributed by atoms with E-state index < -0.39 is 16.1 Å². The van der Waals surface area contributed by atoms with E-state index in [1.807, 2.05) is 0 Å². The van der Waals surface area contributed by atoms with Crippen molar-refractivity contribution < 1.29 is 22.7 Å². The first-order valence-electron chi connectivity index (χ1n) is 9.53. The van der Waals surface area contributed by atoms with Gasteiger partial charge >= 0.3 is 5.97 Å². The van der Waals surface area contributed by atoms with Crippen LogP contribution >= 0.6 is 11.7 Å². The summed E-state index contributed by atoms with van der Waals surface area (Å²) in [5.74, 6) is -0.941. The van der Waals surface area contributed by atoms with Gasteiger partial charge in [0, 0.05) is 19.6 Å². The molecule has 9 nitrogen and oxygen atoms in total. The maximum Gasteiger partial charge on any atom is 0.310 e. The van der Waals surface area contributed by atoms with Gasteiger partial charge in [-0.25, -0.2) is 8.42 Å². The summed E-state index contributed by atoms with van der Waals surface area (Å²) in [5.41, 5.74) is 0.856. The van der Waals surface area contributed by atoms with Crippen molar-refractivity contribution >= 4 is 44.7 Å². The second-order valence-corrected chi connectivity index (χ2v) is 9.70. The number of carbonyl (C=O) groups is 2. The molecule has 156 valence electrons. The minimum atomic E-state index is -3.90. The highest BCUT2D eigenvalue weighted by molar-refractivity contribution is 7.89. The van der Waals surface area contributed by atoms with E-state index >= 15 is 0 Å². The molecule has 2 saturated heterocycles. The lowest BCUT2D eigenvalue weighted by atomic mass is 9.97. The molecule has 1 aromatic carbocycles. The number of benzene rings is 1. The average Bonchev–Trinajstić information content (AvgIpc) is 3.42. The van der Waals surface area contributed by atoms with Crippen LogP contribution in [-0.2, 0) is 24.3 Å². The molecule has 29 heavy (non-hydrogen) atoms. The second-order valence-electron chi connectivity index (χ2n) is 7.31. The molecule has 0 N–H and O–H groups in total. The van der Waals surface area contributed by atoms with Gasteiger partial charge in [0.05, 0.1) is 24.8 Å². The van der Waals surface area contributed by atoms with Crippen LogP contribution in [0.4, 0.5) is 0 Å². The van der Waals surface area contributed by atoms with Gasteiger partial charge in [-0.3, -0.25) is 9.59 Å². The minimum Gasteiger partial charge on any atom is -0.469 e. The fraction of sp³-hybridized carbons (Fsp3) is 0.556. The molecule has 2 aliphatic heterocycles. The van der Waals surface area contributed by atoms with Crippen molar-refractivity contribution in [3.8, 4) is 0 Å². The smallest absolute Gasteiger partial charge is 0.310 e. The Bertz CT molecular complexity index is 1040. The number of aromatic nitrogens is 2. The molecule has 0 bridgehead atoms. The molecular formula is C18H22N4O5S2. The van der Waals surface area contributed by atoms with Crippen LogP contribution in [0.3, 0.4) is 0 Å². The van der Waals surface area contributed by atoms with Crippen molar-refractivity contribution in [3.05, 3.63) is 18.2 Å². The first kappa shape index (κ1) is 20.2. The maximum absolute atomic E-state index is 13.4. The number of hydrogen-bond acceptors (Lipinski definition) is 8. The van der Waals surface area contributed by atoms with Crippen molar-refractivity contribution in [3.63, 3.8) is 0 Å². The highest BCUT2D eigenvalue weighted by atomic mass is 32.2. The number of amides is 1. The van der Waals surface area contributed by atoms with Crippen LogP contribution in [0.2, 0.25) is 0 Å². The number of carbonyl (C=O) groups excluding carboxylic acids is 2. The lowest BCUT2D eigenvalue weighted by molar-refractivity contribution is -0.149. The van der Waals surface area contributed by atoms with E-state index in [9.17, 15) is 18.0 Å². The third kappa shape index (κ3) is 3.62. The van der Waals surface area contributed by atoms with Crippen molar-refractivity contribution in [2.45, 2.75) is 36.6 Å². The highest BCUT2D eigenvalue weighted by Gasteiger charge is 2.43. The van der Waals surface area contributed by atoms with E-state index in [1.165, 1.54) is 17.5 Å². The van der Waals surface area contributed by atoms with Crippen LogP contribution < -0.4 is 0 Å². The van der Waals surface area contributed by atoms with Crippen LogP contribution in [-0.4, -0.2) is 71.0 Å². The molecule has 0 aliphatic carbocycles. The second kappa shape index (κ2) is 7.96. The van der Waals surface area contributed by atoms with Gasteiger partial charge in [-0.1, -0.05) is 6.07 Å². The molecule has 11 heteroatoms. The van der Waals surface area contributed by atoms with E-state index in [0.717, 1.165) is 11.7 Å². The molecule has 0 spiro atoms. The third-order valence-electron chi connectivity index (χ3n) is 5.59. The number of esters is 1. The Hall–Kier alpha value is -2.11. The first-order chi connectivity index (χ1) is 13.9. The molecule has 0 unspecified atom stereocenters. The third-order valence-corrected chi connectivity index (χ3v) is 8.07. The summed E-state index contributed by atoms with van der Waals surface area (Å²) >= 11 is 0.959. The predicted molar refractivity (Wildman–Crippen MR) is 106 cm³/mol. The summed E-state index contributed by atoms with van der Waals surface area (Å²) in [6.45, 7) is 1.06. The monoisotopic (exact) mass is 438 g/mol. The summed E-state index contributed by atoms with van der Waals surface area (Å²) < 4.78 is 41.1. The SMILES string of the molecule is COC(=O)[C@@H]1CCCN(C(=O)[C@H]2CCCN2S(=O)(=O)c2cccc3nsnc23)C1. The van der Waals surface area contributed by atoms with Crippen LogP contribution in [0, 0.1) is 5.92 Å².